The van der Waals surface area contributed by atoms with Crippen LogP contribution < -0.4 is 9.64 Å². The Morgan fingerprint density at radius 2 is 2.00 bits per heavy atom. The molecule has 0 saturated heterocycles. The van der Waals surface area contributed by atoms with Crippen LogP contribution in [0.3, 0.4) is 0 Å². The lowest BCUT2D eigenvalue weighted by molar-refractivity contribution is 0.306. The zero-order valence-electron chi connectivity index (χ0n) is 14.0. The molecule has 0 atom stereocenters. The molecule has 24 heavy (non-hydrogen) atoms. The summed E-state index contributed by atoms with van der Waals surface area (Å²) in [6.45, 7) is 5.17. The highest BCUT2D eigenvalue weighted by molar-refractivity contribution is 7.80. The number of rotatable bonds is 7. The molecule has 1 heterocycles. The smallest absolute Gasteiger partial charge is 0.161 e. The van der Waals surface area contributed by atoms with Crippen LogP contribution in [0.5, 0.6) is 5.75 Å². The van der Waals surface area contributed by atoms with Gasteiger partial charge in [-0.05, 0) is 54.9 Å². The fraction of sp³-hybridized carbons (Fsp3) is 0.350. The van der Waals surface area contributed by atoms with Crippen LogP contribution in [0.25, 0.3) is 0 Å². The summed E-state index contributed by atoms with van der Waals surface area (Å²) in [5, 5.41) is 0.703. The third-order valence-corrected chi connectivity index (χ3v) is 4.50. The first kappa shape index (κ1) is 16.8. The van der Waals surface area contributed by atoms with Gasteiger partial charge in [-0.15, -0.1) is 0 Å². The highest BCUT2D eigenvalue weighted by Gasteiger charge is 2.19. The largest absolute Gasteiger partial charge is 0.489 e. The van der Waals surface area contributed by atoms with E-state index in [1.54, 1.807) is 0 Å². The Hall–Kier alpha value is -2.07. The Balaban J connectivity index is 1.57. The summed E-state index contributed by atoms with van der Waals surface area (Å²) in [5.41, 5.74) is 3.83. The van der Waals surface area contributed by atoms with Crippen molar-refractivity contribution in [2.24, 2.45) is 0 Å². The van der Waals surface area contributed by atoms with E-state index in [2.05, 4.69) is 35.2 Å². The summed E-state index contributed by atoms with van der Waals surface area (Å²) in [6, 6.07) is 16.6. The minimum absolute atomic E-state index is 0.603. The van der Waals surface area contributed by atoms with E-state index in [0.717, 1.165) is 31.7 Å². The van der Waals surface area contributed by atoms with Crippen LogP contribution in [-0.4, -0.2) is 24.7 Å². The Kier molecular flexibility index (Phi) is 5.70. The molecule has 0 radical (unpaired) electrons. The van der Waals surface area contributed by atoms with Crippen molar-refractivity contribution in [2.45, 2.75) is 26.4 Å². The SMILES string of the molecule is CCOC(=S)CCN1CCc2cc(OCc3ccccc3)ccc21. The second-order valence-corrected chi connectivity index (χ2v) is 6.31. The van der Waals surface area contributed by atoms with Crippen molar-refractivity contribution in [1.82, 2.24) is 0 Å². The van der Waals surface area contributed by atoms with Crippen LogP contribution in [0.1, 0.15) is 24.5 Å². The molecule has 0 N–H and O–H groups in total. The second-order valence-electron chi connectivity index (χ2n) is 5.86. The van der Waals surface area contributed by atoms with Crippen molar-refractivity contribution in [2.75, 3.05) is 24.6 Å². The number of hydrogen-bond donors (Lipinski definition) is 0. The Labute approximate surface area is 149 Å². The Bertz CT molecular complexity index is 687. The highest BCUT2D eigenvalue weighted by Crippen LogP contribution is 2.31. The van der Waals surface area contributed by atoms with Crippen molar-refractivity contribution in [3.63, 3.8) is 0 Å². The molecule has 0 saturated carbocycles. The fourth-order valence-corrected chi connectivity index (χ4v) is 3.18. The summed E-state index contributed by atoms with van der Waals surface area (Å²) >= 11 is 5.22. The third-order valence-electron chi connectivity index (χ3n) is 4.18. The van der Waals surface area contributed by atoms with Gasteiger partial charge in [0.15, 0.2) is 5.05 Å². The van der Waals surface area contributed by atoms with E-state index in [4.69, 9.17) is 21.7 Å². The zero-order valence-corrected chi connectivity index (χ0v) is 14.8. The molecular formula is C20H23NO2S. The molecule has 0 aromatic heterocycles. The molecule has 0 bridgehead atoms. The van der Waals surface area contributed by atoms with Crippen LogP contribution >= 0.6 is 12.2 Å². The summed E-state index contributed by atoms with van der Waals surface area (Å²) in [4.78, 5) is 2.38. The van der Waals surface area contributed by atoms with Crippen LogP contribution in [0.4, 0.5) is 5.69 Å². The Morgan fingerprint density at radius 3 is 2.79 bits per heavy atom. The number of hydrogen-bond acceptors (Lipinski definition) is 4. The van der Waals surface area contributed by atoms with Crippen molar-refractivity contribution in [1.29, 1.82) is 0 Å². The first-order valence-corrected chi connectivity index (χ1v) is 8.87. The van der Waals surface area contributed by atoms with E-state index in [-0.39, 0.29) is 0 Å². The molecule has 0 amide bonds. The van der Waals surface area contributed by atoms with Gasteiger partial charge < -0.3 is 14.4 Å². The third kappa shape index (κ3) is 4.26. The molecule has 4 heteroatoms. The molecule has 1 aliphatic rings. The number of ether oxygens (including phenoxy) is 2. The zero-order chi connectivity index (χ0) is 16.8. The monoisotopic (exact) mass is 341 g/mol. The lowest BCUT2D eigenvalue weighted by Gasteiger charge is -2.19. The molecule has 3 nitrogen and oxygen atoms in total. The number of anilines is 1. The standard InChI is InChI=1S/C20H23NO2S/c1-2-22-20(24)11-13-21-12-10-17-14-18(8-9-19(17)21)23-15-16-6-4-3-5-7-16/h3-9,14H,2,10-13,15H2,1H3. The van der Waals surface area contributed by atoms with E-state index in [0.29, 0.717) is 18.3 Å². The maximum atomic E-state index is 5.92. The Morgan fingerprint density at radius 1 is 1.17 bits per heavy atom. The number of fused-ring (bicyclic) bond motifs is 1. The van der Waals surface area contributed by atoms with Gasteiger partial charge in [-0.3, -0.25) is 0 Å². The number of nitrogens with zero attached hydrogens (tertiary/aromatic N) is 1. The first-order valence-electron chi connectivity index (χ1n) is 8.46. The van der Waals surface area contributed by atoms with E-state index < -0.39 is 0 Å². The van der Waals surface area contributed by atoms with Gasteiger partial charge in [-0.2, -0.15) is 0 Å². The van der Waals surface area contributed by atoms with Crippen LogP contribution in [0.15, 0.2) is 48.5 Å². The molecule has 0 aliphatic carbocycles. The highest BCUT2D eigenvalue weighted by atomic mass is 32.1. The summed E-state index contributed by atoms with van der Waals surface area (Å²) in [7, 11) is 0. The van der Waals surface area contributed by atoms with E-state index in [9.17, 15) is 0 Å². The normalized spacial score (nSPS) is 12.8. The van der Waals surface area contributed by atoms with Gasteiger partial charge in [-0.25, -0.2) is 0 Å². The molecule has 2 aromatic carbocycles. The first-order chi connectivity index (χ1) is 11.8. The quantitative estimate of drug-likeness (QED) is 0.697. The van der Waals surface area contributed by atoms with Crippen molar-refractivity contribution in [3.05, 3.63) is 59.7 Å². The lowest BCUT2D eigenvalue weighted by atomic mass is 10.1. The van der Waals surface area contributed by atoms with E-state index in [1.807, 2.05) is 25.1 Å². The molecule has 0 fully saturated rings. The van der Waals surface area contributed by atoms with Gasteiger partial charge in [0.1, 0.15) is 12.4 Å². The molecule has 3 rings (SSSR count). The van der Waals surface area contributed by atoms with Gasteiger partial charge in [0, 0.05) is 25.2 Å². The van der Waals surface area contributed by atoms with Crippen molar-refractivity contribution in [3.8, 4) is 5.75 Å². The van der Waals surface area contributed by atoms with Crippen molar-refractivity contribution >= 4 is 23.0 Å². The predicted octanol–water partition coefficient (Wildman–Crippen LogP) is 4.38. The average molecular weight is 341 g/mol. The average Bonchev–Trinajstić information content (AvgIpc) is 3.02. The number of thiocarbonyl (C=S) groups is 1. The van der Waals surface area contributed by atoms with Crippen LogP contribution in [0.2, 0.25) is 0 Å². The molecular weight excluding hydrogens is 318 g/mol. The van der Waals surface area contributed by atoms with E-state index >= 15 is 0 Å². The van der Waals surface area contributed by atoms with Gasteiger partial charge >= 0.3 is 0 Å². The minimum Gasteiger partial charge on any atom is -0.489 e. The van der Waals surface area contributed by atoms with Crippen LogP contribution in [-0.2, 0) is 17.8 Å². The summed E-state index contributed by atoms with van der Waals surface area (Å²) < 4.78 is 11.3. The van der Waals surface area contributed by atoms with Gasteiger partial charge in [0.2, 0.25) is 0 Å². The van der Waals surface area contributed by atoms with Crippen LogP contribution in [0, 0.1) is 0 Å². The van der Waals surface area contributed by atoms with Crippen molar-refractivity contribution < 1.29 is 9.47 Å². The van der Waals surface area contributed by atoms with Gasteiger partial charge in [-0.1, -0.05) is 30.3 Å². The summed E-state index contributed by atoms with van der Waals surface area (Å²) in [5.74, 6) is 0.935. The summed E-state index contributed by atoms with van der Waals surface area (Å²) in [6.07, 6.45) is 1.86. The fourth-order valence-electron chi connectivity index (χ4n) is 2.97. The van der Waals surface area contributed by atoms with Gasteiger partial charge in [0.25, 0.3) is 0 Å². The number of benzene rings is 2. The minimum atomic E-state index is 0.603. The van der Waals surface area contributed by atoms with E-state index in [1.165, 1.54) is 16.8 Å². The maximum absolute atomic E-state index is 5.92. The molecule has 1 aliphatic heterocycles. The topological polar surface area (TPSA) is 21.7 Å². The second kappa shape index (κ2) is 8.15. The maximum Gasteiger partial charge on any atom is 0.161 e. The molecule has 126 valence electrons. The molecule has 2 aromatic rings. The molecule has 0 spiro atoms. The van der Waals surface area contributed by atoms with Gasteiger partial charge in [0.05, 0.1) is 6.61 Å². The lowest BCUT2D eigenvalue weighted by Crippen LogP contribution is -2.24. The predicted molar refractivity (Wildman–Crippen MR) is 102 cm³/mol. The molecule has 0 unspecified atom stereocenters.